The number of rotatable bonds is 6. The molecule has 11 heteroatoms. The lowest BCUT2D eigenvalue weighted by atomic mass is 10.1. The van der Waals surface area contributed by atoms with Crippen molar-refractivity contribution in [3.8, 4) is 11.4 Å². The predicted octanol–water partition coefficient (Wildman–Crippen LogP) is 3.30. The Morgan fingerprint density at radius 1 is 1.20 bits per heavy atom. The molecule has 5 rings (SSSR count). The zero-order valence-corrected chi connectivity index (χ0v) is 20.6. The van der Waals surface area contributed by atoms with Gasteiger partial charge in [-0.3, -0.25) is 19.5 Å². The van der Waals surface area contributed by atoms with Gasteiger partial charge in [0.25, 0.3) is 11.8 Å². The van der Waals surface area contributed by atoms with Crippen LogP contribution >= 0.6 is 15.9 Å². The Balaban J connectivity index is 1.43. The lowest BCUT2D eigenvalue weighted by molar-refractivity contribution is 0.0970. The van der Waals surface area contributed by atoms with Crippen LogP contribution in [0.1, 0.15) is 39.4 Å². The van der Waals surface area contributed by atoms with E-state index in [4.69, 9.17) is 10.5 Å². The number of fused-ring (bicyclic) bond motifs is 1. The molecule has 180 valence electrons. The third-order valence-electron chi connectivity index (χ3n) is 5.92. The number of benzene rings is 2. The molecule has 0 bridgehead atoms. The maximum Gasteiger partial charge on any atom is 0.277 e. The number of aromatic amines is 1. The van der Waals surface area contributed by atoms with E-state index in [0.717, 1.165) is 47.2 Å². The number of hydrogen-bond acceptors (Lipinski definition) is 6. The lowest BCUT2D eigenvalue weighted by Gasteiger charge is -2.23. The molecule has 0 radical (unpaired) electrons. The minimum atomic E-state index is -0.800. The van der Waals surface area contributed by atoms with Crippen molar-refractivity contribution in [2.75, 3.05) is 18.4 Å². The molecule has 1 saturated heterocycles. The first-order valence-corrected chi connectivity index (χ1v) is 12.0. The predicted molar refractivity (Wildman–Crippen MR) is 135 cm³/mol. The van der Waals surface area contributed by atoms with Gasteiger partial charge in [0, 0.05) is 10.5 Å². The molecule has 35 heavy (non-hydrogen) atoms. The number of carbonyl (C=O) groups excluding carboxylic acids is 2. The molecule has 10 nitrogen and oxygen atoms in total. The van der Waals surface area contributed by atoms with Gasteiger partial charge in [-0.25, -0.2) is 9.97 Å². The number of piperidine rings is 1. The van der Waals surface area contributed by atoms with Crippen LogP contribution in [0.15, 0.2) is 47.2 Å². The molecule has 0 saturated carbocycles. The maximum atomic E-state index is 13.3. The normalized spacial score (nSPS) is 14.2. The standard InChI is InChI=1S/C24H24BrN7O3/c1-13-2-3-14(25)10-19(13)32-12-28-20(22(26)33)21(32)23(34)31-24-29-17-5-4-16(11-18(17)30-24)35-15-6-8-27-9-7-15/h2-5,10-12,15,27H,6-9H2,1H3,(H2,26,33)(H2,29,30,31,34). The van der Waals surface area contributed by atoms with Crippen molar-refractivity contribution in [3.05, 3.63) is 64.1 Å². The minimum absolute atomic E-state index is 0.0223. The summed E-state index contributed by atoms with van der Waals surface area (Å²) in [5.41, 5.74) is 8.38. The summed E-state index contributed by atoms with van der Waals surface area (Å²) in [5.74, 6) is -0.393. The molecule has 0 aliphatic carbocycles. The second kappa shape index (κ2) is 9.51. The summed E-state index contributed by atoms with van der Waals surface area (Å²) >= 11 is 3.45. The number of aryl methyl sites for hydroxylation is 1. The van der Waals surface area contributed by atoms with E-state index in [1.54, 1.807) is 4.57 Å². The van der Waals surface area contributed by atoms with Crippen molar-refractivity contribution < 1.29 is 14.3 Å². The van der Waals surface area contributed by atoms with Gasteiger partial charge in [0.1, 0.15) is 23.9 Å². The number of imidazole rings is 2. The van der Waals surface area contributed by atoms with Crippen molar-refractivity contribution in [2.24, 2.45) is 5.73 Å². The quantitative estimate of drug-likeness (QED) is 0.297. The molecule has 2 amide bonds. The van der Waals surface area contributed by atoms with E-state index < -0.39 is 11.8 Å². The van der Waals surface area contributed by atoms with Crippen LogP contribution in [-0.4, -0.2) is 50.5 Å². The molecule has 4 aromatic rings. The fourth-order valence-corrected chi connectivity index (χ4v) is 4.51. The molecule has 1 aliphatic heterocycles. The molecular formula is C24H24BrN7O3. The monoisotopic (exact) mass is 537 g/mol. The van der Waals surface area contributed by atoms with Crippen LogP contribution in [0.5, 0.6) is 5.75 Å². The van der Waals surface area contributed by atoms with Gasteiger partial charge < -0.3 is 20.8 Å². The van der Waals surface area contributed by atoms with E-state index in [1.165, 1.54) is 6.33 Å². The van der Waals surface area contributed by atoms with Crippen LogP contribution in [0.25, 0.3) is 16.7 Å². The van der Waals surface area contributed by atoms with E-state index in [9.17, 15) is 9.59 Å². The van der Waals surface area contributed by atoms with Crippen LogP contribution in [-0.2, 0) is 0 Å². The highest BCUT2D eigenvalue weighted by Crippen LogP contribution is 2.25. The number of hydrogen-bond donors (Lipinski definition) is 4. The second-order valence-corrected chi connectivity index (χ2v) is 9.31. The molecule has 1 aliphatic rings. The number of carbonyl (C=O) groups is 2. The summed E-state index contributed by atoms with van der Waals surface area (Å²) in [6.07, 6.45) is 3.49. The molecule has 0 unspecified atom stereocenters. The average molecular weight is 538 g/mol. The van der Waals surface area contributed by atoms with Gasteiger partial charge in [-0.2, -0.15) is 0 Å². The second-order valence-electron chi connectivity index (χ2n) is 8.39. The third-order valence-corrected chi connectivity index (χ3v) is 6.41. The smallest absolute Gasteiger partial charge is 0.277 e. The van der Waals surface area contributed by atoms with Gasteiger partial charge in [0.05, 0.1) is 16.7 Å². The summed E-state index contributed by atoms with van der Waals surface area (Å²) in [6, 6.07) is 11.2. The van der Waals surface area contributed by atoms with Crippen molar-refractivity contribution in [2.45, 2.75) is 25.9 Å². The number of nitrogens with one attached hydrogen (secondary N) is 3. The van der Waals surface area contributed by atoms with Crippen molar-refractivity contribution in [3.63, 3.8) is 0 Å². The molecule has 0 atom stereocenters. The number of primary amides is 1. The third kappa shape index (κ3) is 4.77. The van der Waals surface area contributed by atoms with Gasteiger partial charge in [-0.1, -0.05) is 22.0 Å². The Kier molecular flexibility index (Phi) is 6.27. The number of amides is 2. The van der Waals surface area contributed by atoms with Crippen molar-refractivity contribution in [1.29, 1.82) is 0 Å². The van der Waals surface area contributed by atoms with E-state index in [2.05, 4.69) is 41.5 Å². The van der Waals surface area contributed by atoms with Gasteiger partial charge in [0.15, 0.2) is 5.69 Å². The molecule has 3 heterocycles. The van der Waals surface area contributed by atoms with E-state index in [-0.39, 0.29) is 23.4 Å². The highest BCUT2D eigenvalue weighted by atomic mass is 79.9. The number of H-pyrrole nitrogens is 1. The number of nitrogens with two attached hydrogens (primary N) is 1. The van der Waals surface area contributed by atoms with Crippen LogP contribution in [0, 0.1) is 6.92 Å². The first-order valence-electron chi connectivity index (χ1n) is 11.2. The highest BCUT2D eigenvalue weighted by molar-refractivity contribution is 9.10. The molecule has 2 aromatic carbocycles. The molecule has 5 N–H and O–H groups in total. The van der Waals surface area contributed by atoms with Gasteiger partial charge in [0.2, 0.25) is 5.95 Å². The number of anilines is 1. The zero-order valence-electron chi connectivity index (χ0n) is 19.0. The molecular weight excluding hydrogens is 514 g/mol. The lowest BCUT2D eigenvalue weighted by Crippen LogP contribution is -2.34. The topological polar surface area (TPSA) is 140 Å². The Morgan fingerprint density at radius 2 is 2.00 bits per heavy atom. The van der Waals surface area contributed by atoms with Crippen molar-refractivity contribution >= 4 is 44.7 Å². The Hall–Kier alpha value is -3.70. The SMILES string of the molecule is Cc1ccc(Br)cc1-n1cnc(C(N)=O)c1C(=O)Nc1nc2ccc(OC3CCNCC3)cc2[nH]1. The number of halogens is 1. The van der Waals surface area contributed by atoms with Gasteiger partial charge in [-0.05, 0) is 62.7 Å². The summed E-state index contributed by atoms with van der Waals surface area (Å²) in [7, 11) is 0. The van der Waals surface area contributed by atoms with E-state index in [0.29, 0.717) is 11.2 Å². The number of ether oxygens (including phenoxy) is 1. The van der Waals surface area contributed by atoms with Gasteiger partial charge >= 0.3 is 0 Å². The first-order chi connectivity index (χ1) is 16.9. The summed E-state index contributed by atoms with van der Waals surface area (Å²) in [6.45, 7) is 3.78. The average Bonchev–Trinajstić information content (AvgIpc) is 3.45. The molecule has 2 aromatic heterocycles. The van der Waals surface area contributed by atoms with Crippen LogP contribution < -0.4 is 21.1 Å². The number of aromatic nitrogens is 4. The Labute approximate surface area is 209 Å². The Bertz CT molecular complexity index is 1420. The van der Waals surface area contributed by atoms with Crippen LogP contribution in [0.2, 0.25) is 0 Å². The zero-order chi connectivity index (χ0) is 24.5. The molecule has 0 spiro atoms. The van der Waals surface area contributed by atoms with Gasteiger partial charge in [-0.15, -0.1) is 0 Å². The Morgan fingerprint density at radius 3 is 2.77 bits per heavy atom. The van der Waals surface area contributed by atoms with Crippen molar-refractivity contribution in [1.82, 2.24) is 24.8 Å². The first kappa shape index (κ1) is 23.1. The highest BCUT2D eigenvalue weighted by Gasteiger charge is 2.25. The number of nitrogens with zero attached hydrogens (tertiary/aromatic N) is 3. The van der Waals surface area contributed by atoms with E-state index in [1.807, 2.05) is 43.3 Å². The maximum absolute atomic E-state index is 13.3. The molecule has 1 fully saturated rings. The summed E-state index contributed by atoms with van der Waals surface area (Å²) in [4.78, 5) is 37.0. The largest absolute Gasteiger partial charge is 0.490 e. The minimum Gasteiger partial charge on any atom is -0.490 e. The summed E-state index contributed by atoms with van der Waals surface area (Å²) in [5, 5.41) is 6.06. The van der Waals surface area contributed by atoms with E-state index >= 15 is 0 Å². The fourth-order valence-electron chi connectivity index (χ4n) is 4.16. The van der Waals surface area contributed by atoms with Crippen LogP contribution in [0.3, 0.4) is 0 Å². The fraction of sp³-hybridized carbons (Fsp3) is 0.250. The van der Waals surface area contributed by atoms with Crippen LogP contribution in [0.4, 0.5) is 5.95 Å². The summed E-state index contributed by atoms with van der Waals surface area (Å²) < 4.78 is 8.46.